The molecule has 3 N–H and O–H groups in total. The number of Topliss-reactive ketones (excluding diaryl/α,β-unsaturated/α-hetero) is 2. The first-order valence-electron chi connectivity index (χ1n) is 40.6. The number of aliphatic hydroxyl groups is 2. The van der Waals surface area contributed by atoms with Crippen molar-refractivity contribution in [2.24, 2.45) is 10.8 Å². The number of hydrogen-bond donors (Lipinski definition) is 3. The third kappa shape index (κ3) is 18.1. The number of aromatic nitrogens is 1. The molecule has 626 valence electrons. The molecule has 8 aliphatic rings. The van der Waals surface area contributed by atoms with Crippen LogP contribution in [0.4, 0.5) is 4.39 Å². The van der Waals surface area contributed by atoms with Gasteiger partial charge in [0.1, 0.15) is 45.5 Å². The van der Waals surface area contributed by atoms with Crippen molar-refractivity contribution in [3.8, 4) is 55.6 Å². The van der Waals surface area contributed by atoms with Crippen molar-refractivity contribution in [3.05, 3.63) is 259 Å². The summed E-state index contributed by atoms with van der Waals surface area (Å²) in [7, 11) is 3.24. The third-order valence-electron chi connectivity index (χ3n) is 24.1. The first-order valence-corrected chi connectivity index (χ1v) is 42.9. The molecule has 5 heterocycles. The number of allylic oxidation sites excluding steroid dienone is 4. The number of rotatable bonds is 10. The fourth-order valence-corrected chi connectivity index (χ4v) is 20.1. The molecule has 17 rings (SSSR count). The van der Waals surface area contributed by atoms with Crippen LogP contribution >= 0.6 is 57.7 Å². The minimum absolute atomic E-state index is 0.0781. The third-order valence-corrected chi connectivity index (χ3v) is 26.2. The Labute approximate surface area is 723 Å². The second-order valence-electron chi connectivity index (χ2n) is 32.5. The maximum atomic E-state index is 13.1. The number of aromatic hydroxyl groups is 1. The van der Waals surface area contributed by atoms with E-state index in [1.54, 1.807) is 47.5 Å². The Kier molecular flexibility index (Phi) is 27.2. The summed E-state index contributed by atoms with van der Waals surface area (Å²) >= 11 is 25.5. The van der Waals surface area contributed by atoms with E-state index >= 15 is 0 Å². The first kappa shape index (κ1) is 87.8. The zero-order valence-corrected chi connectivity index (χ0v) is 72.8. The summed E-state index contributed by atoms with van der Waals surface area (Å²) in [5, 5.41) is 40.9. The van der Waals surface area contributed by atoms with Crippen LogP contribution in [0.25, 0.3) is 55.1 Å². The van der Waals surface area contributed by atoms with Crippen molar-refractivity contribution in [1.29, 1.82) is 0 Å². The molecule has 4 saturated heterocycles. The van der Waals surface area contributed by atoms with E-state index in [1.807, 2.05) is 108 Å². The zero-order valence-electron chi connectivity index (χ0n) is 69.0. The highest BCUT2D eigenvalue weighted by atomic mass is 35.5. The molecule has 4 amide bonds. The van der Waals surface area contributed by atoms with E-state index in [2.05, 4.69) is 43.1 Å². The number of hydrazine groups is 2. The number of benzene rings is 8. The molecule has 24 heteroatoms. The van der Waals surface area contributed by atoms with Crippen LogP contribution in [-0.2, 0) is 38.2 Å². The van der Waals surface area contributed by atoms with Gasteiger partial charge in [-0.05, 0) is 264 Å². The molecule has 8 aromatic carbocycles. The van der Waals surface area contributed by atoms with Crippen molar-refractivity contribution in [3.63, 3.8) is 0 Å². The summed E-state index contributed by atoms with van der Waals surface area (Å²) in [6.07, 6.45) is 11.9. The molecule has 2 atom stereocenters. The van der Waals surface area contributed by atoms with Crippen molar-refractivity contribution in [1.82, 2.24) is 25.0 Å². The minimum atomic E-state index is -0.909. The molecule has 2 unspecified atom stereocenters. The van der Waals surface area contributed by atoms with Crippen LogP contribution in [0.5, 0.6) is 11.6 Å². The summed E-state index contributed by atoms with van der Waals surface area (Å²) in [6, 6.07) is 43.4. The van der Waals surface area contributed by atoms with Crippen LogP contribution in [0.1, 0.15) is 162 Å². The van der Waals surface area contributed by atoms with Gasteiger partial charge in [-0.15, -0.1) is 0 Å². The molecule has 6 fully saturated rings. The molecule has 2 spiro atoms. The Morgan fingerprint density at radius 2 is 0.858 bits per heavy atom. The Morgan fingerprint density at radius 1 is 0.458 bits per heavy atom. The van der Waals surface area contributed by atoms with Crippen molar-refractivity contribution in [2.45, 2.75) is 157 Å². The van der Waals surface area contributed by atoms with Gasteiger partial charge in [-0.1, -0.05) is 155 Å². The standard InChI is InChI=1S/C20H26O3.C19H16Cl2N2O3.C19H16Cl2N2O2.C19H16FNO3S.C19H24O2/c1-12-8-13(2)17(14(3)9-12)18-16(21)11-20(19(18)22)7-5-6-15(10-20)23-4;20-14-4-1-12(2-5-14)13-3-6-16(21)15(11-13)17-18(24)22-7-9-26-10-8-23(22)19(17)25;20-14-6-3-12(4-7-14)13-5-8-16(21)15(11-13)17-18(24)22-9-1-2-10-23(22)19(17)25;1-10-8-11(2)15(14(9-10)24-3)16-17(22)21-18(25-19(16)23)12-4-6-13(20)7-5-12;1-12-9-13(2)16(14(3)10-12)17-15(20)11-19(18(17)21)7-5-4-6-8-19/h8-9,15,22H,5-7,10-11H2,1-4H3;1-6,11,17H,7-10H2;3-8,11,17H,1-2,9-10H2;4-9,22H,1-3H3;9-10,21H,4-8,11H2,1-3H3. The summed E-state index contributed by atoms with van der Waals surface area (Å²) in [5.41, 5.74) is 16.9. The zero-order chi connectivity index (χ0) is 85.9. The fourth-order valence-electron chi connectivity index (χ4n) is 18.5. The SMILES string of the molecule is COC1CCCC2(CC(=O)C(c3c(C)cc(C)cc3C)=C2O)C1.COc1cc(C)cc(C)c1-c1c(O)nc(-c2ccc(F)cc2)sc1=O.Cc1cc(C)c(C2=C(O)C3(CCCCC3)CC2=O)c(C)c1.O=C1C(c2cc(-c3ccc(Cl)cc3)ccc2Cl)C(=O)N2CCCCN12.O=C1C(c2cc(-c3ccc(Cl)cc3)ccc2Cl)C(=O)N2CCOCCN12. The van der Waals surface area contributed by atoms with E-state index in [0.29, 0.717) is 128 Å². The van der Waals surface area contributed by atoms with E-state index in [9.17, 15) is 53.3 Å². The number of carbonyl (C=O) groups excluding carboxylic acids is 6. The topological polar surface area (TPSA) is 234 Å². The Hall–Kier alpha value is -10.0. The Morgan fingerprint density at radius 3 is 1.30 bits per heavy atom. The maximum absolute atomic E-state index is 13.1. The smallest absolute Gasteiger partial charge is 0.258 e. The molecule has 0 bridgehead atoms. The van der Waals surface area contributed by atoms with E-state index in [1.165, 1.54) is 58.9 Å². The molecule has 120 heavy (non-hydrogen) atoms. The maximum Gasteiger partial charge on any atom is 0.258 e. The highest BCUT2D eigenvalue weighted by Crippen LogP contribution is 2.55. The lowest BCUT2D eigenvalue weighted by molar-refractivity contribution is -0.150. The normalized spacial score (nSPS) is 19.0. The second-order valence-corrected chi connectivity index (χ2v) is 35.1. The van der Waals surface area contributed by atoms with Gasteiger partial charge in [0.05, 0.1) is 50.7 Å². The molecule has 2 saturated carbocycles. The lowest BCUT2D eigenvalue weighted by Gasteiger charge is -2.37. The number of amides is 4. The number of carbonyl (C=O) groups is 6. The lowest BCUT2D eigenvalue weighted by Crippen LogP contribution is -2.45. The number of ketones is 2. The molecule has 4 aliphatic heterocycles. The van der Waals surface area contributed by atoms with Gasteiger partial charge < -0.3 is 29.5 Å². The average Bonchev–Trinajstić information content (AvgIpc) is 1.53. The summed E-state index contributed by atoms with van der Waals surface area (Å²) in [6.45, 7) is 18.8. The van der Waals surface area contributed by atoms with Crippen LogP contribution in [0.15, 0.2) is 162 Å². The number of aryl methyl sites for hydroxylation is 8. The average molecular weight is 1720 g/mol. The first-order chi connectivity index (χ1) is 57.3. The number of hydrogen-bond acceptors (Lipinski definition) is 15. The fraction of sp³-hybridized carbons (Fsp3) is 0.354. The van der Waals surface area contributed by atoms with Crippen LogP contribution in [-0.4, -0.2) is 135 Å². The highest BCUT2D eigenvalue weighted by molar-refractivity contribution is 7.12. The van der Waals surface area contributed by atoms with Gasteiger partial charge in [0.25, 0.3) is 23.6 Å². The van der Waals surface area contributed by atoms with Gasteiger partial charge in [-0.2, -0.15) is 0 Å². The summed E-state index contributed by atoms with van der Waals surface area (Å²) in [5.74, 6) is -1.98. The van der Waals surface area contributed by atoms with Gasteiger partial charge in [0.2, 0.25) is 10.6 Å². The Bertz CT molecular complexity index is 5540. The minimum Gasteiger partial charge on any atom is -0.511 e. The number of aliphatic hydroxyl groups excluding tert-OH is 2. The summed E-state index contributed by atoms with van der Waals surface area (Å²) in [4.78, 5) is 93.6. The molecular formula is C96H98Cl4FN5O13S. The largest absolute Gasteiger partial charge is 0.511 e. The number of nitrogens with zero attached hydrogens (tertiary/aromatic N) is 5. The predicted molar refractivity (Wildman–Crippen MR) is 470 cm³/mol. The van der Waals surface area contributed by atoms with E-state index < -0.39 is 17.3 Å². The van der Waals surface area contributed by atoms with E-state index in [4.69, 9.17) is 60.6 Å². The molecule has 9 aromatic rings. The second kappa shape index (κ2) is 37.1. The highest BCUT2D eigenvalue weighted by Gasteiger charge is 2.52. The molecular weight excluding hydrogens is 1620 g/mol. The van der Waals surface area contributed by atoms with Crippen molar-refractivity contribution < 1.29 is 62.7 Å². The van der Waals surface area contributed by atoms with Crippen LogP contribution in [0.3, 0.4) is 0 Å². The quantitative estimate of drug-likeness (QED) is 0.108. The van der Waals surface area contributed by atoms with Gasteiger partial charge in [0, 0.05) is 75.1 Å². The van der Waals surface area contributed by atoms with Crippen LogP contribution < -0.4 is 9.48 Å². The summed E-state index contributed by atoms with van der Waals surface area (Å²) < 4.78 is 29.0. The van der Waals surface area contributed by atoms with Crippen LogP contribution in [0, 0.1) is 72.0 Å². The van der Waals surface area contributed by atoms with Gasteiger partial charge in [0.15, 0.2) is 11.6 Å². The van der Waals surface area contributed by atoms with Crippen molar-refractivity contribution >= 4 is 104 Å². The van der Waals surface area contributed by atoms with Crippen molar-refractivity contribution in [2.75, 3.05) is 53.6 Å². The number of ether oxygens (including phenoxy) is 3. The van der Waals surface area contributed by atoms with Gasteiger partial charge in [-0.25, -0.2) is 19.4 Å². The number of halogens is 5. The monoisotopic (exact) mass is 1720 g/mol. The van der Waals surface area contributed by atoms with Gasteiger partial charge in [-0.3, -0.25) is 43.6 Å². The predicted octanol–water partition coefficient (Wildman–Crippen LogP) is 21.0. The molecule has 0 radical (unpaired) electrons. The number of methoxy groups -OCH3 is 2. The molecule has 4 aliphatic carbocycles. The van der Waals surface area contributed by atoms with Gasteiger partial charge >= 0.3 is 0 Å². The van der Waals surface area contributed by atoms with E-state index in [-0.39, 0.29) is 68.7 Å². The lowest BCUT2D eigenvalue weighted by atomic mass is 9.71. The van der Waals surface area contributed by atoms with Crippen LogP contribution in [0.2, 0.25) is 20.1 Å². The molecule has 18 nitrogen and oxygen atoms in total. The number of fused-ring (bicyclic) bond motifs is 2. The van der Waals surface area contributed by atoms with E-state index in [0.717, 1.165) is 142 Å². The Balaban J connectivity index is 0.000000130. The molecule has 1 aromatic heterocycles.